The highest BCUT2D eigenvalue weighted by molar-refractivity contribution is 5.84. The van der Waals surface area contributed by atoms with Crippen molar-refractivity contribution >= 4 is 16.7 Å². The van der Waals surface area contributed by atoms with Crippen LogP contribution in [-0.4, -0.2) is 45.7 Å². The van der Waals surface area contributed by atoms with E-state index < -0.39 is 0 Å². The Bertz CT molecular complexity index is 1290. The fourth-order valence-electron chi connectivity index (χ4n) is 3.98. The average molecular weight is 456 g/mol. The number of fused-ring (bicyclic) bond motifs is 1. The highest BCUT2D eigenvalue weighted by Gasteiger charge is 2.13. The number of pyridine rings is 1. The summed E-state index contributed by atoms with van der Waals surface area (Å²) in [6.07, 6.45) is 4.84. The molecule has 0 spiro atoms. The molecule has 0 bridgehead atoms. The van der Waals surface area contributed by atoms with Crippen LogP contribution in [0, 0.1) is 0 Å². The van der Waals surface area contributed by atoms with Gasteiger partial charge in [0.25, 0.3) is 5.56 Å². The SMILES string of the molecule is CN(CCCNC(=O)Cn1nc(Cc2ccncc2)c2ccccc2c1=O)Cc1ccccc1. The predicted octanol–water partition coefficient (Wildman–Crippen LogP) is 3.02. The molecule has 0 radical (unpaired) electrons. The van der Waals surface area contributed by atoms with Crippen LogP contribution in [-0.2, 0) is 24.3 Å². The second-order valence-corrected chi connectivity index (χ2v) is 8.41. The van der Waals surface area contributed by atoms with E-state index >= 15 is 0 Å². The molecule has 0 aliphatic carbocycles. The molecule has 0 saturated heterocycles. The molecule has 4 aromatic rings. The molecule has 0 saturated carbocycles. The van der Waals surface area contributed by atoms with Crippen LogP contribution in [0.15, 0.2) is 83.9 Å². The summed E-state index contributed by atoms with van der Waals surface area (Å²) >= 11 is 0. The zero-order valence-corrected chi connectivity index (χ0v) is 19.4. The lowest BCUT2D eigenvalue weighted by Gasteiger charge is -2.17. The second-order valence-electron chi connectivity index (χ2n) is 8.41. The van der Waals surface area contributed by atoms with Crippen LogP contribution in [0.3, 0.4) is 0 Å². The molecule has 2 aromatic carbocycles. The third-order valence-electron chi connectivity index (χ3n) is 5.69. The Morgan fingerprint density at radius 3 is 2.41 bits per heavy atom. The number of rotatable bonds is 10. The van der Waals surface area contributed by atoms with E-state index in [1.165, 1.54) is 10.2 Å². The lowest BCUT2D eigenvalue weighted by molar-refractivity contribution is -0.121. The van der Waals surface area contributed by atoms with Crippen molar-refractivity contribution in [3.63, 3.8) is 0 Å². The first-order chi connectivity index (χ1) is 16.6. The van der Waals surface area contributed by atoms with Crippen molar-refractivity contribution in [3.05, 3.63) is 106 Å². The fourth-order valence-corrected chi connectivity index (χ4v) is 3.98. The monoisotopic (exact) mass is 455 g/mol. The number of benzene rings is 2. The summed E-state index contributed by atoms with van der Waals surface area (Å²) in [6, 6.07) is 21.6. The van der Waals surface area contributed by atoms with Gasteiger partial charge in [-0.15, -0.1) is 0 Å². The first-order valence-electron chi connectivity index (χ1n) is 11.5. The maximum Gasteiger partial charge on any atom is 0.275 e. The van der Waals surface area contributed by atoms with E-state index in [9.17, 15) is 9.59 Å². The van der Waals surface area contributed by atoms with E-state index in [2.05, 4.69) is 39.5 Å². The molecular formula is C27H29N5O2. The summed E-state index contributed by atoms with van der Waals surface area (Å²) in [5.41, 5.74) is 2.81. The Balaban J connectivity index is 1.37. The minimum Gasteiger partial charge on any atom is -0.354 e. The molecular weight excluding hydrogens is 426 g/mol. The van der Waals surface area contributed by atoms with E-state index in [-0.39, 0.29) is 18.0 Å². The van der Waals surface area contributed by atoms with Gasteiger partial charge in [0, 0.05) is 37.3 Å². The second kappa shape index (κ2) is 11.3. The van der Waals surface area contributed by atoms with Gasteiger partial charge in [0.05, 0.1) is 11.1 Å². The Hall–Kier alpha value is -3.84. The molecule has 7 nitrogen and oxygen atoms in total. The molecule has 0 fully saturated rings. The average Bonchev–Trinajstić information content (AvgIpc) is 2.86. The number of carbonyl (C=O) groups excluding carboxylic acids is 1. The molecule has 2 heterocycles. The van der Waals surface area contributed by atoms with Crippen LogP contribution in [0.4, 0.5) is 0 Å². The molecule has 0 atom stereocenters. The van der Waals surface area contributed by atoms with Crippen LogP contribution in [0.25, 0.3) is 10.8 Å². The highest BCUT2D eigenvalue weighted by atomic mass is 16.2. The van der Waals surface area contributed by atoms with Gasteiger partial charge < -0.3 is 10.2 Å². The smallest absolute Gasteiger partial charge is 0.275 e. The zero-order chi connectivity index (χ0) is 23.8. The van der Waals surface area contributed by atoms with Gasteiger partial charge in [-0.05, 0) is 49.3 Å². The Kier molecular flexibility index (Phi) is 7.78. The van der Waals surface area contributed by atoms with Crippen molar-refractivity contribution in [2.24, 2.45) is 0 Å². The Morgan fingerprint density at radius 2 is 1.65 bits per heavy atom. The molecule has 174 valence electrons. The zero-order valence-electron chi connectivity index (χ0n) is 19.4. The van der Waals surface area contributed by atoms with Crippen molar-refractivity contribution in [3.8, 4) is 0 Å². The van der Waals surface area contributed by atoms with Crippen molar-refractivity contribution < 1.29 is 4.79 Å². The summed E-state index contributed by atoms with van der Waals surface area (Å²) in [5.74, 6) is -0.217. The number of aromatic nitrogens is 3. The molecule has 1 N–H and O–H groups in total. The van der Waals surface area contributed by atoms with E-state index in [4.69, 9.17) is 0 Å². The third kappa shape index (κ3) is 6.14. The number of nitrogens with one attached hydrogen (secondary N) is 1. The van der Waals surface area contributed by atoms with E-state index in [0.29, 0.717) is 18.4 Å². The van der Waals surface area contributed by atoms with Gasteiger partial charge in [0.15, 0.2) is 0 Å². The quantitative estimate of drug-likeness (QED) is 0.372. The maximum atomic E-state index is 13.0. The number of amides is 1. The number of hydrogen-bond donors (Lipinski definition) is 1. The third-order valence-corrected chi connectivity index (χ3v) is 5.69. The first-order valence-corrected chi connectivity index (χ1v) is 11.5. The number of nitrogens with zero attached hydrogens (tertiary/aromatic N) is 4. The van der Waals surface area contributed by atoms with E-state index in [1.807, 2.05) is 48.5 Å². The van der Waals surface area contributed by atoms with Crippen molar-refractivity contribution in [1.29, 1.82) is 0 Å². The molecule has 4 rings (SSSR count). The lowest BCUT2D eigenvalue weighted by Crippen LogP contribution is -2.35. The van der Waals surface area contributed by atoms with Crippen LogP contribution in [0.2, 0.25) is 0 Å². The van der Waals surface area contributed by atoms with Gasteiger partial charge >= 0.3 is 0 Å². The van der Waals surface area contributed by atoms with Crippen molar-refractivity contribution in [2.75, 3.05) is 20.1 Å². The molecule has 34 heavy (non-hydrogen) atoms. The minimum atomic E-state index is -0.258. The molecule has 7 heteroatoms. The molecule has 0 unspecified atom stereocenters. The summed E-state index contributed by atoms with van der Waals surface area (Å²) in [6.45, 7) is 2.17. The van der Waals surface area contributed by atoms with Gasteiger partial charge in [-0.1, -0.05) is 48.5 Å². The molecule has 0 aliphatic heterocycles. The first kappa shape index (κ1) is 23.3. The van der Waals surface area contributed by atoms with Crippen LogP contribution in [0.1, 0.15) is 23.2 Å². The van der Waals surface area contributed by atoms with Gasteiger partial charge in [0.1, 0.15) is 6.54 Å². The van der Waals surface area contributed by atoms with Gasteiger partial charge in [0.2, 0.25) is 5.91 Å². The summed E-state index contributed by atoms with van der Waals surface area (Å²) in [7, 11) is 2.07. The van der Waals surface area contributed by atoms with E-state index in [0.717, 1.165) is 36.2 Å². The highest BCUT2D eigenvalue weighted by Crippen LogP contribution is 2.16. The normalized spacial score (nSPS) is 11.1. The van der Waals surface area contributed by atoms with Crippen molar-refractivity contribution in [2.45, 2.75) is 25.9 Å². The topological polar surface area (TPSA) is 80.1 Å². The summed E-state index contributed by atoms with van der Waals surface area (Å²) < 4.78 is 1.27. The van der Waals surface area contributed by atoms with Gasteiger partial charge in [-0.2, -0.15) is 5.10 Å². The van der Waals surface area contributed by atoms with Crippen LogP contribution < -0.4 is 10.9 Å². The standard InChI is InChI=1S/C27H29N5O2/c1-31(19-22-8-3-2-4-9-22)17-7-14-29-26(33)20-32-27(34)24-11-6-5-10-23(24)25(30-32)18-21-12-15-28-16-13-21/h2-6,8-13,15-16H,7,14,17-20H2,1H3,(H,29,33). The number of hydrogen-bond acceptors (Lipinski definition) is 5. The fraction of sp³-hybridized carbons (Fsp3) is 0.259. The number of carbonyl (C=O) groups is 1. The molecule has 2 aromatic heterocycles. The minimum absolute atomic E-state index is 0.104. The van der Waals surface area contributed by atoms with E-state index in [1.54, 1.807) is 18.5 Å². The molecule has 1 amide bonds. The van der Waals surface area contributed by atoms with Gasteiger partial charge in [-0.3, -0.25) is 14.6 Å². The lowest BCUT2D eigenvalue weighted by atomic mass is 10.1. The molecule has 0 aliphatic rings. The van der Waals surface area contributed by atoms with Crippen molar-refractivity contribution in [1.82, 2.24) is 25.0 Å². The maximum absolute atomic E-state index is 13.0. The summed E-state index contributed by atoms with van der Waals surface area (Å²) in [4.78, 5) is 31.8. The predicted molar refractivity (Wildman–Crippen MR) is 133 cm³/mol. The van der Waals surface area contributed by atoms with Crippen LogP contribution in [0.5, 0.6) is 0 Å². The Labute approximate surface area is 199 Å². The summed E-state index contributed by atoms with van der Waals surface area (Å²) in [5, 5.41) is 8.85. The Morgan fingerprint density at radius 1 is 0.941 bits per heavy atom. The van der Waals surface area contributed by atoms with Crippen LogP contribution >= 0.6 is 0 Å². The van der Waals surface area contributed by atoms with Gasteiger partial charge in [-0.25, -0.2) is 4.68 Å². The largest absolute Gasteiger partial charge is 0.354 e.